The largest absolute Gasteiger partial charge is 0.350 e. The van der Waals surface area contributed by atoms with E-state index in [1.165, 1.54) is 0 Å². The van der Waals surface area contributed by atoms with Crippen molar-refractivity contribution < 1.29 is 4.79 Å². The molecule has 0 radical (unpaired) electrons. The lowest BCUT2D eigenvalue weighted by Crippen LogP contribution is -2.52. The van der Waals surface area contributed by atoms with Crippen LogP contribution in [0.5, 0.6) is 0 Å². The summed E-state index contributed by atoms with van der Waals surface area (Å²) in [6.07, 6.45) is 1.56. The van der Waals surface area contributed by atoms with Crippen molar-refractivity contribution in [2.24, 2.45) is 11.7 Å². The average molecular weight is 332 g/mol. The molecule has 1 aromatic heterocycles. The first-order chi connectivity index (χ1) is 11.1. The van der Waals surface area contributed by atoms with Crippen LogP contribution in [-0.2, 0) is 11.2 Å². The van der Waals surface area contributed by atoms with Crippen molar-refractivity contribution in [3.05, 3.63) is 32.7 Å². The van der Waals surface area contributed by atoms with E-state index < -0.39 is 5.54 Å². The number of carbonyl (C=O) groups is 1. The van der Waals surface area contributed by atoms with Crippen molar-refractivity contribution in [3.63, 3.8) is 0 Å². The Morgan fingerprint density at radius 3 is 2.54 bits per heavy atom. The van der Waals surface area contributed by atoms with Gasteiger partial charge in [0.1, 0.15) is 11.6 Å². The minimum absolute atomic E-state index is 0.0768. The van der Waals surface area contributed by atoms with Gasteiger partial charge in [0, 0.05) is 24.2 Å². The van der Waals surface area contributed by atoms with E-state index in [2.05, 4.69) is 24.1 Å². The van der Waals surface area contributed by atoms with E-state index in [4.69, 9.17) is 11.0 Å². The Balaban J connectivity index is 2.85. The zero-order chi connectivity index (χ0) is 18.5. The molecule has 4 N–H and O–H groups in total. The van der Waals surface area contributed by atoms with Crippen LogP contribution in [0.1, 0.15) is 56.0 Å². The van der Waals surface area contributed by atoms with Crippen molar-refractivity contribution in [1.82, 2.24) is 10.3 Å². The standard InChI is InChI=1S/C18H28N4O2/c1-11(2)8-18(5,10-20)22-16(23)7-6-14-12(3)15(9-19)17(24)21-13(14)4/h11H,6-8,10,20H2,1-5H3,(H,21,24)(H,22,23). The fraction of sp³-hybridized carbons (Fsp3) is 0.611. The van der Waals surface area contributed by atoms with Crippen molar-refractivity contribution in [2.45, 2.75) is 59.4 Å². The van der Waals surface area contributed by atoms with Gasteiger partial charge in [-0.25, -0.2) is 0 Å². The summed E-state index contributed by atoms with van der Waals surface area (Å²) in [4.78, 5) is 26.7. The fourth-order valence-electron chi connectivity index (χ4n) is 3.14. The maximum absolute atomic E-state index is 12.3. The summed E-state index contributed by atoms with van der Waals surface area (Å²) in [7, 11) is 0. The third-order valence-corrected chi connectivity index (χ3v) is 4.27. The molecule has 0 saturated carbocycles. The third kappa shape index (κ3) is 4.93. The first-order valence-corrected chi connectivity index (χ1v) is 8.27. The first-order valence-electron chi connectivity index (χ1n) is 8.27. The Morgan fingerprint density at radius 2 is 2.04 bits per heavy atom. The van der Waals surface area contributed by atoms with Crippen molar-refractivity contribution in [2.75, 3.05) is 6.54 Å². The monoisotopic (exact) mass is 332 g/mol. The van der Waals surface area contributed by atoms with Gasteiger partial charge >= 0.3 is 0 Å². The van der Waals surface area contributed by atoms with Crippen molar-refractivity contribution >= 4 is 5.91 Å². The smallest absolute Gasteiger partial charge is 0.266 e. The molecular formula is C18H28N4O2. The molecule has 1 amide bonds. The molecule has 0 aliphatic carbocycles. The second-order valence-corrected chi connectivity index (χ2v) is 7.08. The summed E-state index contributed by atoms with van der Waals surface area (Å²) in [6.45, 7) is 10.1. The molecule has 1 atom stereocenters. The highest BCUT2D eigenvalue weighted by atomic mass is 16.1. The van der Waals surface area contributed by atoms with Crippen LogP contribution in [0.15, 0.2) is 4.79 Å². The number of nitrogens with two attached hydrogens (primary N) is 1. The fourth-order valence-corrected chi connectivity index (χ4v) is 3.14. The van der Waals surface area contributed by atoms with Crippen LogP contribution in [0.3, 0.4) is 0 Å². The third-order valence-electron chi connectivity index (χ3n) is 4.27. The summed E-state index contributed by atoms with van der Waals surface area (Å²) in [6, 6.07) is 1.93. The van der Waals surface area contributed by atoms with E-state index in [-0.39, 0.29) is 23.5 Å². The summed E-state index contributed by atoms with van der Waals surface area (Å²) >= 11 is 0. The number of aromatic nitrogens is 1. The number of nitrogens with zero attached hydrogens (tertiary/aromatic N) is 1. The number of nitriles is 1. The van der Waals surface area contributed by atoms with Crippen LogP contribution in [0.2, 0.25) is 0 Å². The highest BCUT2D eigenvalue weighted by molar-refractivity contribution is 5.77. The normalized spacial score (nSPS) is 13.4. The topological polar surface area (TPSA) is 112 Å². The zero-order valence-corrected chi connectivity index (χ0v) is 15.2. The molecule has 0 aromatic carbocycles. The maximum atomic E-state index is 12.3. The van der Waals surface area contributed by atoms with E-state index in [1.807, 2.05) is 13.0 Å². The lowest BCUT2D eigenvalue weighted by Gasteiger charge is -2.31. The molecule has 0 saturated heterocycles. The van der Waals surface area contributed by atoms with Gasteiger partial charge in [-0.15, -0.1) is 0 Å². The van der Waals surface area contributed by atoms with E-state index in [9.17, 15) is 9.59 Å². The number of H-pyrrole nitrogens is 1. The summed E-state index contributed by atoms with van der Waals surface area (Å²) in [5, 5.41) is 12.1. The molecule has 0 fully saturated rings. The number of rotatable bonds is 7. The van der Waals surface area contributed by atoms with Crippen LogP contribution in [0.25, 0.3) is 0 Å². The van der Waals surface area contributed by atoms with Crippen molar-refractivity contribution in [3.8, 4) is 6.07 Å². The average Bonchev–Trinajstić information content (AvgIpc) is 2.46. The Hall–Kier alpha value is -2.13. The number of hydrogen-bond donors (Lipinski definition) is 3. The zero-order valence-electron chi connectivity index (χ0n) is 15.2. The minimum atomic E-state index is -0.418. The molecule has 0 bridgehead atoms. The van der Waals surface area contributed by atoms with Gasteiger partial charge in [0.05, 0.1) is 0 Å². The number of aryl methyl sites for hydroxylation is 1. The predicted octanol–water partition coefficient (Wildman–Crippen LogP) is 1.68. The lowest BCUT2D eigenvalue weighted by molar-refractivity contribution is -0.122. The SMILES string of the molecule is Cc1[nH]c(=O)c(C#N)c(C)c1CCC(=O)NC(C)(CN)CC(C)C. The van der Waals surface area contributed by atoms with Gasteiger partial charge in [-0.2, -0.15) is 5.26 Å². The number of aromatic amines is 1. The van der Waals surface area contributed by atoms with Crippen LogP contribution < -0.4 is 16.6 Å². The highest BCUT2D eigenvalue weighted by Crippen LogP contribution is 2.17. The van der Waals surface area contributed by atoms with Crippen LogP contribution in [0.4, 0.5) is 0 Å². The number of pyridine rings is 1. The first kappa shape index (κ1) is 19.9. The number of amides is 1. The molecule has 6 nitrogen and oxygen atoms in total. The molecule has 1 aromatic rings. The van der Waals surface area contributed by atoms with Gasteiger partial charge in [0.2, 0.25) is 5.91 Å². The number of hydrogen-bond acceptors (Lipinski definition) is 4. The van der Waals surface area contributed by atoms with Gasteiger partial charge in [-0.1, -0.05) is 13.8 Å². The molecule has 0 aliphatic heterocycles. The van der Waals surface area contributed by atoms with Crippen LogP contribution in [0, 0.1) is 31.1 Å². The molecule has 1 unspecified atom stereocenters. The summed E-state index contributed by atoms with van der Waals surface area (Å²) in [5.41, 5.74) is 7.33. The van der Waals surface area contributed by atoms with Gasteiger partial charge in [-0.3, -0.25) is 9.59 Å². The molecule has 0 aliphatic rings. The van der Waals surface area contributed by atoms with E-state index in [0.717, 1.165) is 12.0 Å². The predicted molar refractivity (Wildman–Crippen MR) is 94.6 cm³/mol. The molecule has 132 valence electrons. The van der Waals surface area contributed by atoms with Gasteiger partial charge in [0.25, 0.3) is 5.56 Å². The lowest BCUT2D eigenvalue weighted by atomic mass is 9.90. The summed E-state index contributed by atoms with van der Waals surface area (Å²) in [5.74, 6) is 0.354. The minimum Gasteiger partial charge on any atom is -0.350 e. The molecular weight excluding hydrogens is 304 g/mol. The van der Waals surface area contributed by atoms with Crippen molar-refractivity contribution in [1.29, 1.82) is 5.26 Å². The van der Waals surface area contributed by atoms with Crippen LogP contribution >= 0.6 is 0 Å². The van der Waals surface area contributed by atoms with Crippen LogP contribution in [-0.4, -0.2) is 23.0 Å². The van der Waals surface area contributed by atoms with Gasteiger partial charge < -0.3 is 16.0 Å². The number of nitrogens with one attached hydrogen (secondary N) is 2. The second kappa shape index (κ2) is 8.11. The number of carbonyl (C=O) groups excluding carboxylic acids is 1. The maximum Gasteiger partial charge on any atom is 0.266 e. The van der Waals surface area contributed by atoms with E-state index in [0.29, 0.717) is 30.1 Å². The Kier molecular flexibility index (Phi) is 6.73. The van der Waals surface area contributed by atoms with E-state index in [1.54, 1.807) is 13.8 Å². The second-order valence-electron chi connectivity index (χ2n) is 7.08. The molecule has 1 heterocycles. The molecule has 1 rings (SSSR count). The summed E-state index contributed by atoms with van der Waals surface area (Å²) < 4.78 is 0. The van der Waals surface area contributed by atoms with E-state index >= 15 is 0 Å². The Bertz CT molecular complexity index is 700. The highest BCUT2D eigenvalue weighted by Gasteiger charge is 2.25. The van der Waals surface area contributed by atoms with Gasteiger partial charge in [-0.05, 0) is 50.7 Å². The Morgan fingerprint density at radius 1 is 1.42 bits per heavy atom. The molecule has 6 heteroatoms. The molecule has 24 heavy (non-hydrogen) atoms. The van der Waals surface area contributed by atoms with Gasteiger partial charge in [0.15, 0.2) is 0 Å². The quantitative estimate of drug-likeness (QED) is 0.705. The molecule has 0 spiro atoms. The Labute approximate surface area is 143 Å².